The van der Waals surface area contributed by atoms with Crippen molar-refractivity contribution in [2.24, 2.45) is 0 Å². The molecule has 1 amide bonds. The summed E-state index contributed by atoms with van der Waals surface area (Å²) in [5.41, 5.74) is 2.11. The van der Waals surface area contributed by atoms with Crippen molar-refractivity contribution in [3.63, 3.8) is 0 Å². The normalized spacial score (nSPS) is 19.1. The molecule has 0 bridgehead atoms. The maximum atomic E-state index is 11.9. The second-order valence-corrected chi connectivity index (χ2v) is 5.81. The largest absolute Gasteiger partial charge is 0.480 e. The van der Waals surface area contributed by atoms with E-state index in [1.807, 2.05) is 33.2 Å². The highest BCUT2D eigenvalue weighted by Gasteiger charge is 2.31. The van der Waals surface area contributed by atoms with Gasteiger partial charge in [0.1, 0.15) is 5.75 Å². The Morgan fingerprint density at radius 1 is 1.53 bits per heavy atom. The van der Waals surface area contributed by atoms with E-state index >= 15 is 0 Å². The quantitative estimate of drug-likeness (QED) is 0.921. The zero-order valence-electron chi connectivity index (χ0n) is 11.5. The number of carbonyl (C=O) groups is 1. The Bertz CT molecular complexity index is 491. The molecule has 1 aliphatic rings. The Kier molecular flexibility index (Phi) is 4.47. The predicted octanol–water partition coefficient (Wildman–Crippen LogP) is 2.09. The van der Waals surface area contributed by atoms with Crippen LogP contribution in [0.1, 0.15) is 17.5 Å². The first kappa shape index (κ1) is 14.3. The predicted molar refractivity (Wildman–Crippen MR) is 78.3 cm³/mol. The summed E-state index contributed by atoms with van der Waals surface area (Å²) in [7, 11) is 3.71. The minimum atomic E-state index is -0.347. The molecular formula is C14H19BrN2O2. The van der Waals surface area contributed by atoms with Crippen LogP contribution in [0.3, 0.4) is 0 Å². The van der Waals surface area contributed by atoms with Crippen molar-refractivity contribution in [2.45, 2.75) is 26.0 Å². The lowest BCUT2D eigenvalue weighted by Crippen LogP contribution is -2.30. The third-order valence-electron chi connectivity index (χ3n) is 3.32. The first-order chi connectivity index (χ1) is 9.02. The van der Waals surface area contributed by atoms with E-state index in [0.717, 1.165) is 34.3 Å². The van der Waals surface area contributed by atoms with E-state index < -0.39 is 0 Å². The van der Waals surface area contributed by atoms with Gasteiger partial charge >= 0.3 is 0 Å². The van der Waals surface area contributed by atoms with Crippen LogP contribution in [0.5, 0.6) is 5.75 Å². The highest BCUT2D eigenvalue weighted by molar-refractivity contribution is 9.10. The van der Waals surface area contributed by atoms with Crippen LogP contribution in [-0.2, 0) is 11.3 Å². The molecule has 1 N–H and O–H groups in total. The van der Waals surface area contributed by atoms with Gasteiger partial charge in [-0.2, -0.15) is 0 Å². The van der Waals surface area contributed by atoms with Crippen LogP contribution in [0.25, 0.3) is 0 Å². The van der Waals surface area contributed by atoms with E-state index in [4.69, 9.17) is 4.74 Å². The highest BCUT2D eigenvalue weighted by Crippen LogP contribution is 2.30. The molecule has 0 spiro atoms. The minimum absolute atomic E-state index is 0.0673. The molecule has 1 aromatic carbocycles. The minimum Gasteiger partial charge on any atom is -0.480 e. The molecule has 2 rings (SSSR count). The van der Waals surface area contributed by atoms with Gasteiger partial charge in [-0.15, -0.1) is 0 Å². The number of hydrogen-bond donors (Lipinski definition) is 1. The van der Waals surface area contributed by atoms with Crippen molar-refractivity contribution in [2.75, 3.05) is 20.6 Å². The summed E-state index contributed by atoms with van der Waals surface area (Å²) < 4.78 is 7.00. The van der Waals surface area contributed by atoms with Crippen molar-refractivity contribution in [1.29, 1.82) is 0 Å². The van der Waals surface area contributed by atoms with Gasteiger partial charge in [0.05, 0.1) is 0 Å². The summed E-state index contributed by atoms with van der Waals surface area (Å²) in [5, 5.41) is 3.13. The van der Waals surface area contributed by atoms with Gasteiger partial charge < -0.3 is 15.0 Å². The van der Waals surface area contributed by atoms with E-state index in [1.165, 1.54) is 0 Å². The first-order valence-electron chi connectivity index (χ1n) is 6.38. The number of benzene rings is 1. The Labute approximate surface area is 122 Å². The van der Waals surface area contributed by atoms with Gasteiger partial charge in [0.2, 0.25) is 0 Å². The van der Waals surface area contributed by atoms with E-state index in [-0.39, 0.29) is 12.0 Å². The summed E-state index contributed by atoms with van der Waals surface area (Å²) in [6.45, 7) is 3.48. The van der Waals surface area contributed by atoms with Crippen molar-refractivity contribution in [3.8, 4) is 5.75 Å². The number of hydrogen-bond acceptors (Lipinski definition) is 3. The molecule has 1 aromatic rings. The number of nitrogens with zero attached hydrogens (tertiary/aromatic N) is 1. The van der Waals surface area contributed by atoms with Gasteiger partial charge in [0.25, 0.3) is 5.91 Å². The number of ether oxygens (including phenoxy) is 1. The van der Waals surface area contributed by atoms with E-state index in [0.29, 0.717) is 6.54 Å². The molecule has 0 aliphatic carbocycles. The van der Waals surface area contributed by atoms with Crippen LogP contribution in [0.2, 0.25) is 0 Å². The Morgan fingerprint density at radius 3 is 2.84 bits per heavy atom. The fourth-order valence-corrected chi connectivity index (χ4v) is 2.95. The summed E-state index contributed by atoms with van der Waals surface area (Å²) in [6, 6.07) is 4.04. The molecule has 1 atom stereocenters. The molecule has 1 fully saturated rings. The van der Waals surface area contributed by atoms with Gasteiger partial charge in [0, 0.05) is 36.6 Å². The number of nitrogens with one attached hydrogen (secondary N) is 1. The van der Waals surface area contributed by atoms with Crippen molar-refractivity contribution in [1.82, 2.24) is 10.2 Å². The number of carbonyl (C=O) groups excluding carboxylic acids is 1. The molecule has 5 heteroatoms. The summed E-state index contributed by atoms with van der Waals surface area (Å²) in [6.07, 6.45) is 0.407. The fraction of sp³-hybridized carbons (Fsp3) is 0.500. The van der Waals surface area contributed by atoms with Crippen LogP contribution in [0, 0.1) is 6.92 Å². The fourth-order valence-electron chi connectivity index (χ4n) is 2.33. The molecule has 1 saturated heterocycles. The second-order valence-electron chi connectivity index (χ2n) is 4.90. The lowest BCUT2D eigenvalue weighted by Gasteiger charge is -2.18. The SMILES string of the molecule is CNCc1cc(Br)cc(C)c1OC1CCN(C)C1=O. The van der Waals surface area contributed by atoms with Gasteiger partial charge in [-0.05, 0) is 31.7 Å². The standard InChI is InChI=1S/C14H19BrN2O2/c1-9-6-11(15)7-10(8-16-2)13(9)19-12-4-5-17(3)14(12)18/h6-7,12,16H,4-5,8H2,1-3H3. The molecule has 4 nitrogen and oxygen atoms in total. The zero-order chi connectivity index (χ0) is 14.0. The molecule has 19 heavy (non-hydrogen) atoms. The van der Waals surface area contributed by atoms with Crippen LogP contribution >= 0.6 is 15.9 Å². The number of rotatable bonds is 4. The van der Waals surface area contributed by atoms with Gasteiger partial charge in [0.15, 0.2) is 6.10 Å². The third kappa shape index (κ3) is 3.09. The molecule has 1 aliphatic heterocycles. The van der Waals surface area contributed by atoms with Crippen molar-refractivity contribution >= 4 is 21.8 Å². The average molecular weight is 327 g/mol. The molecule has 1 unspecified atom stereocenters. The summed E-state index contributed by atoms with van der Waals surface area (Å²) in [4.78, 5) is 13.7. The highest BCUT2D eigenvalue weighted by atomic mass is 79.9. The number of halogens is 1. The Hall–Kier alpha value is -1.07. The zero-order valence-corrected chi connectivity index (χ0v) is 13.1. The monoisotopic (exact) mass is 326 g/mol. The Balaban J connectivity index is 2.26. The second kappa shape index (κ2) is 5.92. The van der Waals surface area contributed by atoms with Crippen molar-refractivity contribution in [3.05, 3.63) is 27.7 Å². The summed E-state index contributed by atoms with van der Waals surface area (Å²) >= 11 is 3.49. The lowest BCUT2D eigenvalue weighted by atomic mass is 10.1. The molecule has 104 valence electrons. The molecular weight excluding hydrogens is 308 g/mol. The topological polar surface area (TPSA) is 41.6 Å². The van der Waals surface area contributed by atoms with Gasteiger partial charge in [-0.1, -0.05) is 15.9 Å². The smallest absolute Gasteiger partial charge is 0.263 e. The Morgan fingerprint density at radius 2 is 2.26 bits per heavy atom. The number of likely N-dealkylation sites (tertiary alicyclic amines) is 1. The van der Waals surface area contributed by atoms with Crippen LogP contribution in [0.4, 0.5) is 0 Å². The molecule has 0 saturated carbocycles. The first-order valence-corrected chi connectivity index (χ1v) is 7.17. The number of likely N-dealkylation sites (N-methyl/N-ethyl adjacent to an activating group) is 1. The average Bonchev–Trinajstić information content (AvgIpc) is 2.65. The molecule has 1 heterocycles. The molecule has 0 radical (unpaired) electrons. The van der Waals surface area contributed by atoms with Crippen LogP contribution in [-0.4, -0.2) is 37.6 Å². The van der Waals surface area contributed by atoms with Gasteiger partial charge in [-0.25, -0.2) is 0 Å². The number of amides is 1. The summed E-state index contributed by atoms with van der Waals surface area (Å²) in [5.74, 6) is 0.893. The van der Waals surface area contributed by atoms with E-state index in [2.05, 4.69) is 21.2 Å². The third-order valence-corrected chi connectivity index (χ3v) is 3.78. The van der Waals surface area contributed by atoms with Crippen LogP contribution in [0.15, 0.2) is 16.6 Å². The number of aryl methyl sites for hydroxylation is 1. The lowest BCUT2D eigenvalue weighted by molar-refractivity contribution is -0.132. The van der Waals surface area contributed by atoms with Crippen LogP contribution < -0.4 is 10.1 Å². The van der Waals surface area contributed by atoms with Crippen molar-refractivity contribution < 1.29 is 9.53 Å². The maximum absolute atomic E-state index is 11.9. The van der Waals surface area contributed by atoms with E-state index in [9.17, 15) is 4.79 Å². The molecule has 0 aromatic heterocycles. The maximum Gasteiger partial charge on any atom is 0.263 e. The van der Waals surface area contributed by atoms with E-state index in [1.54, 1.807) is 4.90 Å². The van der Waals surface area contributed by atoms with Gasteiger partial charge in [-0.3, -0.25) is 4.79 Å².